The molecule has 0 aliphatic carbocycles. The van der Waals surface area contributed by atoms with E-state index in [0.717, 1.165) is 28.0 Å². The Bertz CT molecular complexity index is 1740. The highest BCUT2D eigenvalue weighted by Crippen LogP contribution is 2.43. The lowest BCUT2D eigenvalue weighted by Crippen LogP contribution is -2.39. The van der Waals surface area contributed by atoms with Gasteiger partial charge in [-0.2, -0.15) is 4.98 Å². The smallest absolute Gasteiger partial charge is 0.353 e. The molecule has 0 radical (unpaired) electrons. The zero-order valence-electron chi connectivity index (χ0n) is 25.9. The van der Waals surface area contributed by atoms with Crippen molar-refractivity contribution in [1.82, 2.24) is 9.55 Å². The number of rotatable bonds is 15. The second-order valence-electron chi connectivity index (χ2n) is 10.8. The Balaban J connectivity index is 1.38. The Hall–Kier alpha value is -4.53. The van der Waals surface area contributed by atoms with Gasteiger partial charge in [0.25, 0.3) is 0 Å². The van der Waals surface area contributed by atoms with Crippen LogP contribution < -0.4 is 15.7 Å². The van der Waals surface area contributed by atoms with Gasteiger partial charge in [-0.05, 0) is 46.9 Å². The molecule has 0 aliphatic rings. The molecule has 10 heteroatoms. The van der Waals surface area contributed by atoms with Gasteiger partial charge < -0.3 is 24.2 Å². The van der Waals surface area contributed by atoms with Crippen molar-refractivity contribution in [2.75, 3.05) is 18.8 Å². The van der Waals surface area contributed by atoms with Gasteiger partial charge in [-0.3, -0.25) is 9.13 Å². The highest BCUT2D eigenvalue weighted by Gasteiger charge is 2.37. The Kier molecular flexibility index (Phi) is 10.8. The first-order valence-electron chi connectivity index (χ1n) is 15.1. The SMILES string of the molecule is CC[C@H](Cn1ccc(NC(c2ccccc2)(c2ccccc2)c2ccc(OC)cc2)nc1=O)OCP(=O)(O)OCc1ccccc1. The Morgan fingerprint density at radius 1 is 0.848 bits per heavy atom. The molecule has 238 valence electrons. The first kappa shape index (κ1) is 32.9. The van der Waals surface area contributed by atoms with Crippen molar-refractivity contribution in [3.8, 4) is 5.75 Å². The van der Waals surface area contributed by atoms with Crippen LogP contribution in [0.15, 0.2) is 132 Å². The quantitative estimate of drug-likeness (QED) is 0.0950. The van der Waals surface area contributed by atoms with E-state index in [9.17, 15) is 14.3 Å². The molecule has 0 spiro atoms. The standard InChI is InChI=1S/C36H38N3O6P/c1-3-32(44-27-46(41,42)45-26-28-13-7-4-8-14-28)25-39-24-23-34(37-35(39)40)38-36(29-15-9-5-10-16-29,30-17-11-6-12-18-30)31-19-21-33(43-2)22-20-31/h4-24,32H,3,25-27H2,1-2H3,(H,41,42)(H,37,38,40)/t32-/m1/s1. The molecule has 9 nitrogen and oxygen atoms in total. The van der Waals surface area contributed by atoms with Crippen molar-refractivity contribution in [2.24, 2.45) is 0 Å². The van der Waals surface area contributed by atoms with E-state index >= 15 is 0 Å². The van der Waals surface area contributed by atoms with E-state index < -0.39 is 31.3 Å². The second kappa shape index (κ2) is 15.2. The van der Waals surface area contributed by atoms with Crippen LogP contribution in [0.4, 0.5) is 5.82 Å². The topological polar surface area (TPSA) is 112 Å². The van der Waals surface area contributed by atoms with Crippen LogP contribution in [0.5, 0.6) is 5.75 Å². The summed E-state index contributed by atoms with van der Waals surface area (Å²) in [5.74, 6) is 1.11. The number of ether oxygens (including phenoxy) is 2. The normalized spacial score (nSPS) is 13.5. The molecule has 0 saturated carbocycles. The van der Waals surface area contributed by atoms with Gasteiger partial charge in [0.2, 0.25) is 0 Å². The zero-order valence-corrected chi connectivity index (χ0v) is 26.8. The molecule has 1 aromatic heterocycles. The van der Waals surface area contributed by atoms with Gasteiger partial charge >= 0.3 is 13.3 Å². The van der Waals surface area contributed by atoms with Gasteiger partial charge in [0.15, 0.2) is 0 Å². The van der Waals surface area contributed by atoms with Crippen LogP contribution >= 0.6 is 7.60 Å². The van der Waals surface area contributed by atoms with Crippen LogP contribution in [-0.2, 0) is 32.5 Å². The van der Waals surface area contributed by atoms with Crippen molar-refractivity contribution >= 4 is 13.4 Å². The van der Waals surface area contributed by atoms with Crippen LogP contribution in [0.25, 0.3) is 0 Å². The number of aromatic nitrogens is 2. The van der Waals surface area contributed by atoms with Gasteiger partial charge in [-0.15, -0.1) is 0 Å². The van der Waals surface area contributed by atoms with E-state index in [-0.39, 0.29) is 13.2 Å². The summed E-state index contributed by atoms with van der Waals surface area (Å²) in [6.07, 6.45) is 1.17. The number of nitrogens with zero attached hydrogens (tertiary/aromatic N) is 2. The van der Waals surface area contributed by atoms with E-state index in [1.165, 1.54) is 4.57 Å². The average molecular weight is 640 g/mol. The lowest BCUT2D eigenvalue weighted by atomic mass is 9.77. The lowest BCUT2D eigenvalue weighted by Gasteiger charge is -2.37. The van der Waals surface area contributed by atoms with Crippen LogP contribution in [-0.4, -0.2) is 34.0 Å². The minimum Gasteiger partial charge on any atom is -0.497 e. The third kappa shape index (κ3) is 8.00. The maximum Gasteiger partial charge on any atom is 0.353 e. The second-order valence-corrected chi connectivity index (χ2v) is 12.6. The predicted molar refractivity (Wildman–Crippen MR) is 179 cm³/mol. The van der Waals surface area contributed by atoms with Gasteiger partial charge in [0.1, 0.15) is 23.5 Å². The molecular weight excluding hydrogens is 601 g/mol. The minimum atomic E-state index is -4.01. The summed E-state index contributed by atoms with van der Waals surface area (Å²) in [5, 5.41) is 3.60. The first-order chi connectivity index (χ1) is 22.3. The molecule has 0 aliphatic heterocycles. The molecule has 1 unspecified atom stereocenters. The van der Waals surface area contributed by atoms with Crippen molar-refractivity contribution in [1.29, 1.82) is 0 Å². The monoisotopic (exact) mass is 639 g/mol. The summed E-state index contributed by atoms with van der Waals surface area (Å²) in [6, 6.07) is 38.7. The molecule has 5 rings (SSSR count). The van der Waals surface area contributed by atoms with Crippen LogP contribution in [0, 0.1) is 0 Å². The maximum atomic E-state index is 13.3. The highest BCUT2D eigenvalue weighted by atomic mass is 31.2. The summed E-state index contributed by atoms with van der Waals surface area (Å²) in [7, 11) is -2.38. The van der Waals surface area contributed by atoms with Crippen molar-refractivity contribution in [3.63, 3.8) is 0 Å². The summed E-state index contributed by atoms with van der Waals surface area (Å²) in [6.45, 7) is 2.04. The third-order valence-corrected chi connectivity index (χ3v) is 8.74. The van der Waals surface area contributed by atoms with Crippen LogP contribution in [0.2, 0.25) is 0 Å². The number of hydrogen-bond acceptors (Lipinski definition) is 7. The number of nitrogens with one attached hydrogen (secondary N) is 1. The summed E-state index contributed by atoms with van der Waals surface area (Å²) < 4.78 is 30.5. The van der Waals surface area contributed by atoms with Gasteiger partial charge in [-0.25, -0.2) is 4.79 Å². The van der Waals surface area contributed by atoms with E-state index in [1.807, 2.05) is 122 Å². The van der Waals surface area contributed by atoms with Gasteiger partial charge in [0, 0.05) is 6.20 Å². The number of anilines is 1. The zero-order chi connectivity index (χ0) is 32.4. The minimum absolute atomic E-state index is 0.00338. The fourth-order valence-electron chi connectivity index (χ4n) is 5.27. The van der Waals surface area contributed by atoms with Crippen molar-refractivity contribution in [2.45, 2.75) is 38.1 Å². The molecule has 5 aromatic rings. The summed E-state index contributed by atoms with van der Waals surface area (Å²) >= 11 is 0. The summed E-state index contributed by atoms with van der Waals surface area (Å²) in [5.41, 5.74) is 2.26. The van der Waals surface area contributed by atoms with E-state index in [2.05, 4.69) is 10.3 Å². The molecule has 4 aromatic carbocycles. The Labute approximate surface area is 269 Å². The number of hydrogen-bond donors (Lipinski definition) is 2. The molecule has 0 bridgehead atoms. The maximum absolute atomic E-state index is 13.3. The van der Waals surface area contributed by atoms with Crippen molar-refractivity contribution < 1.29 is 23.5 Å². The fraction of sp³-hybridized carbons (Fsp3) is 0.222. The molecule has 0 fully saturated rings. The summed E-state index contributed by atoms with van der Waals surface area (Å²) in [4.78, 5) is 28.1. The third-order valence-electron chi connectivity index (χ3n) is 7.73. The van der Waals surface area contributed by atoms with Crippen LogP contribution in [0.3, 0.4) is 0 Å². The number of benzene rings is 4. The lowest BCUT2D eigenvalue weighted by molar-refractivity contribution is 0.0541. The Morgan fingerprint density at radius 2 is 1.41 bits per heavy atom. The molecule has 2 atom stereocenters. The fourth-order valence-corrected chi connectivity index (χ4v) is 6.09. The van der Waals surface area contributed by atoms with Gasteiger partial charge in [-0.1, -0.05) is 110 Å². The van der Waals surface area contributed by atoms with E-state index in [1.54, 1.807) is 19.4 Å². The van der Waals surface area contributed by atoms with E-state index in [4.69, 9.17) is 14.0 Å². The number of methoxy groups -OCH3 is 1. The van der Waals surface area contributed by atoms with Gasteiger partial charge in [0.05, 0.1) is 26.4 Å². The van der Waals surface area contributed by atoms with Crippen LogP contribution in [0.1, 0.15) is 35.6 Å². The molecule has 1 heterocycles. The first-order valence-corrected chi connectivity index (χ1v) is 16.8. The van der Waals surface area contributed by atoms with Crippen molar-refractivity contribution in [3.05, 3.63) is 160 Å². The molecule has 0 amide bonds. The molecule has 46 heavy (non-hydrogen) atoms. The Morgan fingerprint density at radius 3 is 1.96 bits per heavy atom. The molecular formula is C36H38N3O6P. The highest BCUT2D eigenvalue weighted by molar-refractivity contribution is 7.52. The predicted octanol–water partition coefficient (Wildman–Crippen LogP) is 6.81. The largest absolute Gasteiger partial charge is 0.497 e. The van der Waals surface area contributed by atoms with E-state index in [0.29, 0.717) is 12.2 Å². The molecule has 0 saturated heterocycles. The average Bonchev–Trinajstić information content (AvgIpc) is 3.10. The molecule has 2 N–H and O–H groups in total.